The standard InChI is InChI=1S/C21H29NO/c1-4-8-19(18-10-7-6-9-15(18)3)21(23)20-13-17-11-12-22(20)14-16(17)5-2/h4,6-10,16-17,20-21,23H,1,5,11-14H2,2-3H3/b19-8+/t16-,17?,20?,21-/m0/s1. The van der Waals surface area contributed by atoms with Crippen molar-refractivity contribution in [3.63, 3.8) is 0 Å². The summed E-state index contributed by atoms with van der Waals surface area (Å²) in [5.41, 5.74) is 3.38. The average Bonchev–Trinajstić information content (AvgIpc) is 2.60. The van der Waals surface area contributed by atoms with Crippen LogP contribution in [0, 0.1) is 18.8 Å². The van der Waals surface area contributed by atoms with Crippen molar-refractivity contribution in [3.05, 3.63) is 54.1 Å². The number of hydrogen-bond acceptors (Lipinski definition) is 2. The van der Waals surface area contributed by atoms with Crippen molar-refractivity contribution in [1.82, 2.24) is 4.90 Å². The first-order valence-corrected chi connectivity index (χ1v) is 8.96. The Bertz CT molecular complexity index is 591. The minimum absolute atomic E-state index is 0.252. The average molecular weight is 311 g/mol. The number of aliphatic hydroxyl groups excluding tert-OH is 1. The molecule has 0 saturated carbocycles. The third-order valence-corrected chi connectivity index (χ3v) is 5.90. The van der Waals surface area contributed by atoms with Crippen LogP contribution >= 0.6 is 0 Å². The highest BCUT2D eigenvalue weighted by atomic mass is 16.3. The Morgan fingerprint density at radius 1 is 1.43 bits per heavy atom. The van der Waals surface area contributed by atoms with Gasteiger partial charge in [0.15, 0.2) is 0 Å². The van der Waals surface area contributed by atoms with Crippen molar-refractivity contribution in [2.75, 3.05) is 13.1 Å². The first kappa shape index (κ1) is 16.5. The number of piperidine rings is 3. The Kier molecular flexibility index (Phi) is 5.03. The first-order chi connectivity index (χ1) is 11.2. The molecule has 5 atom stereocenters. The van der Waals surface area contributed by atoms with Crippen LogP contribution < -0.4 is 0 Å². The molecule has 4 rings (SSSR count). The molecule has 3 unspecified atom stereocenters. The monoisotopic (exact) mass is 311 g/mol. The van der Waals surface area contributed by atoms with E-state index in [0.29, 0.717) is 0 Å². The van der Waals surface area contributed by atoms with Gasteiger partial charge in [-0.1, -0.05) is 56.3 Å². The molecule has 1 aromatic carbocycles. The van der Waals surface area contributed by atoms with Gasteiger partial charge in [-0.05, 0) is 54.8 Å². The zero-order chi connectivity index (χ0) is 16.4. The van der Waals surface area contributed by atoms with Gasteiger partial charge in [0.1, 0.15) is 0 Å². The lowest BCUT2D eigenvalue weighted by molar-refractivity contribution is -0.0390. The van der Waals surface area contributed by atoms with Gasteiger partial charge >= 0.3 is 0 Å². The quantitative estimate of drug-likeness (QED) is 0.829. The minimum atomic E-state index is -0.435. The molecular formula is C21H29NO. The zero-order valence-corrected chi connectivity index (χ0v) is 14.4. The lowest BCUT2D eigenvalue weighted by Crippen LogP contribution is -2.57. The zero-order valence-electron chi connectivity index (χ0n) is 14.4. The fourth-order valence-corrected chi connectivity index (χ4v) is 4.55. The maximum Gasteiger partial charge on any atom is 0.0951 e. The van der Waals surface area contributed by atoms with Crippen LogP contribution in [-0.2, 0) is 0 Å². The first-order valence-electron chi connectivity index (χ1n) is 8.96. The summed E-state index contributed by atoms with van der Waals surface area (Å²) in [5.74, 6) is 1.60. The van der Waals surface area contributed by atoms with Crippen LogP contribution in [0.2, 0.25) is 0 Å². The topological polar surface area (TPSA) is 23.5 Å². The van der Waals surface area contributed by atoms with Gasteiger partial charge in [-0.15, -0.1) is 0 Å². The Labute approximate surface area is 140 Å². The molecule has 3 aliphatic heterocycles. The van der Waals surface area contributed by atoms with Gasteiger partial charge in [0.2, 0.25) is 0 Å². The van der Waals surface area contributed by atoms with Crippen molar-refractivity contribution in [3.8, 4) is 0 Å². The van der Waals surface area contributed by atoms with Crippen LogP contribution in [0.5, 0.6) is 0 Å². The molecule has 1 aromatic rings. The predicted molar refractivity (Wildman–Crippen MR) is 97.2 cm³/mol. The third-order valence-electron chi connectivity index (χ3n) is 5.90. The summed E-state index contributed by atoms with van der Waals surface area (Å²) in [7, 11) is 0. The summed E-state index contributed by atoms with van der Waals surface area (Å²) < 4.78 is 0. The summed E-state index contributed by atoms with van der Waals surface area (Å²) in [6.45, 7) is 10.6. The summed E-state index contributed by atoms with van der Waals surface area (Å²) in [5, 5.41) is 11.2. The van der Waals surface area contributed by atoms with Crippen molar-refractivity contribution in [2.24, 2.45) is 11.8 Å². The summed E-state index contributed by atoms with van der Waals surface area (Å²) in [4.78, 5) is 2.52. The smallest absolute Gasteiger partial charge is 0.0951 e. The summed E-state index contributed by atoms with van der Waals surface area (Å²) in [6, 6.07) is 8.57. The highest BCUT2D eigenvalue weighted by molar-refractivity contribution is 5.72. The molecule has 0 amide bonds. The second kappa shape index (κ2) is 7.02. The van der Waals surface area contributed by atoms with E-state index >= 15 is 0 Å². The van der Waals surface area contributed by atoms with Crippen LogP contribution in [0.3, 0.4) is 0 Å². The third kappa shape index (κ3) is 3.15. The second-order valence-corrected chi connectivity index (χ2v) is 7.13. The van der Waals surface area contributed by atoms with E-state index in [0.717, 1.165) is 42.5 Å². The predicted octanol–water partition coefficient (Wildman–Crippen LogP) is 4.05. The molecule has 23 heavy (non-hydrogen) atoms. The normalized spacial score (nSPS) is 31.9. The number of nitrogens with zero attached hydrogens (tertiary/aromatic N) is 1. The molecule has 3 fully saturated rings. The van der Waals surface area contributed by atoms with Crippen molar-refractivity contribution in [1.29, 1.82) is 0 Å². The molecule has 0 aromatic heterocycles. The van der Waals surface area contributed by atoms with E-state index in [2.05, 4.69) is 43.5 Å². The number of fused-ring (bicyclic) bond motifs is 3. The molecule has 124 valence electrons. The van der Waals surface area contributed by atoms with Gasteiger partial charge in [0.25, 0.3) is 0 Å². The molecule has 3 heterocycles. The largest absolute Gasteiger partial charge is 0.387 e. The van der Waals surface area contributed by atoms with Gasteiger partial charge in [-0.25, -0.2) is 0 Å². The molecule has 3 saturated heterocycles. The van der Waals surface area contributed by atoms with Crippen LogP contribution in [0.4, 0.5) is 0 Å². The van der Waals surface area contributed by atoms with E-state index < -0.39 is 6.10 Å². The molecule has 0 spiro atoms. The lowest BCUT2D eigenvalue weighted by atomic mass is 9.72. The Morgan fingerprint density at radius 2 is 2.22 bits per heavy atom. The maximum absolute atomic E-state index is 11.2. The van der Waals surface area contributed by atoms with Crippen LogP contribution in [0.15, 0.2) is 43.0 Å². The maximum atomic E-state index is 11.2. The van der Waals surface area contributed by atoms with E-state index in [9.17, 15) is 5.11 Å². The van der Waals surface area contributed by atoms with E-state index in [1.54, 1.807) is 6.08 Å². The van der Waals surface area contributed by atoms with Gasteiger partial charge in [-0.2, -0.15) is 0 Å². The van der Waals surface area contributed by atoms with Crippen LogP contribution in [0.1, 0.15) is 37.3 Å². The van der Waals surface area contributed by atoms with Gasteiger partial charge < -0.3 is 5.11 Å². The van der Waals surface area contributed by atoms with Crippen LogP contribution in [-0.4, -0.2) is 35.2 Å². The molecule has 1 N–H and O–H groups in total. The Morgan fingerprint density at radius 3 is 2.83 bits per heavy atom. The van der Waals surface area contributed by atoms with E-state index in [-0.39, 0.29) is 6.04 Å². The molecule has 3 aliphatic rings. The van der Waals surface area contributed by atoms with Gasteiger partial charge in [0.05, 0.1) is 6.10 Å². The summed E-state index contributed by atoms with van der Waals surface area (Å²) >= 11 is 0. The molecule has 2 nitrogen and oxygen atoms in total. The van der Waals surface area contributed by atoms with Crippen molar-refractivity contribution in [2.45, 2.75) is 45.3 Å². The molecule has 2 bridgehead atoms. The number of rotatable bonds is 5. The summed E-state index contributed by atoms with van der Waals surface area (Å²) in [6.07, 6.45) is 7.04. The van der Waals surface area contributed by atoms with E-state index in [4.69, 9.17) is 0 Å². The SMILES string of the molecule is C=C/C=C(\c1ccccc1C)[C@H](O)C1CC2CCN1C[C@@H]2CC. The lowest BCUT2D eigenvalue weighted by Gasteiger charge is -2.51. The minimum Gasteiger partial charge on any atom is -0.387 e. The van der Waals surface area contributed by atoms with E-state index in [1.807, 2.05) is 12.1 Å². The number of aryl methyl sites for hydroxylation is 1. The van der Waals surface area contributed by atoms with Gasteiger partial charge in [-0.3, -0.25) is 4.90 Å². The van der Waals surface area contributed by atoms with Crippen molar-refractivity contribution >= 4 is 5.57 Å². The fraction of sp³-hybridized carbons (Fsp3) is 0.524. The van der Waals surface area contributed by atoms with Crippen molar-refractivity contribution < 1.29 is 5.11 Å². The molecule has 0 aliphatic carbocycles. The molecule has 2 heteroatoms. The Hall–Kier alpha value is -1.38. The van der Waals surface area contributed by atoms with Crippen LogP contribution in [0.25, 0.3) is 5.57 Å². The number of benzene rings is 1. The Balaban J connectivity index is 1.86. The second-order valence-electron chi connectivity index (χ2n) is 7.13. The van der Waals surface area contributed by atoms with Gasteiger partial charge in [0, 0.05) is 12.6 Å². The molecular weight excluding hydrogens is 282 g/mol. The molecule has 0 radical (unpaired) electrons. The number of aliphatic hydroxyl groups is 1. The highest BCUT2D eigenvalue weighted by Gasteiger charge is 2.42. The highest BCUT2D eigenvalue weighted by Crippen LogP contribution is 2.41. The number of hydrogen-bond donors (Lipinski definition) is 1. The van der Waals surface area contributed by atoms with E-state index in [1.165, 1.54) is 18.4 Å². The fourth-order valence-electron chi connectivity index (χ4n) is 4.55. The number of allylic oxidation sites excluding steroid dienone is 2.